The number of amides is 2. The number of carbonyl (C=O) groups excluding carboxylic acids is 2. The summed E-state index contributed by atoms with van der Waals surface area (Å²) in [7, 11) is 1.64. The monoisotopic (exact) mass is 488 g/mol. The Balaban J connectivity index is 1.28. The summed E-state index contributed by atoms with van der Waals surface area (Å²) in [5.41, 5.74) is 2.97. The molecule has 0 spiro atoms. The first-order chi connectivity index (χ1) is 17.1. The van der Waals surface area contributed by atoms with Crippen molar-refractivity contribution in [2.24, 2.45) is 5.10 Å². The molecule has 2 amide bonds. The number of hydrogen-bond donors (Lipinski definition) is 0. The second-order valence-electron chi connectivity index (χ2n) is 8.69. The molecule has 5 rings (SSSR count). The van der Waals surface area contributed by atoms with Gasteiger partial charge in [-0.15, -0.1) is 11.3 Å². The molecule has 1 saturated heterocycles. The van der Waals surface area contributed by atoms with Crippen molar-refractivity contribution in [3.63, 3.8) is 0 Å². The Morgan fingerprint density at radius 1 is 0.971 bits per heavy atom. The van der Waals surface area contributed by atoms with Crippen molar-refractivity contribution < 1.29 is 14.3 Å². The van der Waals surface area contributed by atoms with Crippen LogP contribution in [0.3, 0.4) is 0 Å². The first-order valence-corrected chi connectivity index (χ1v) is 12.6. The predicted octanol–water partition coefficient (Wildman–Crippen LogP) is 3.89. The van der Waals surface area contributed by atoms with Gasteiger partial charge in [0.2, 0.25) is 0 Å². The van der Waals surface area contributed by atoms with E-state index in [0.717, 1.165) is 27.5 Å². The average molecular weight is 489 g/mol. The molecule has 0 bridgehead atoms. The van der Waals surface area contributed by atoms with E-state index in [2.05, 4.69) is 4.90 Å². The molecule has 0 N–H and O–H groups in total. The van der Waals surface area contributed by atoms with Gasteiger partial charge >= 0.3 is 0 Å². The maximum absolute atomic E-state index is 13.5. The highest BCUT2D eigenvalue weighted by molar-refractivity contribution is 7.12. The van der Waals surface area contributed by atoms with Crippen molar-refractivity contribution in [1.82, 2.24) is 14.8 Å². The Morgan fingerprint density at radius 2 is 1.71 bits per heavy atom. The first kappa shape index (κ1) is 23.3. The van der Waals surface area contributed by atoms with Crippen LogP contribution < -0.4 is 4.74 Å². The largest absolute Gasteiger partial charge is 0.497 e. The van der Waals surface area contributed by atoms with Crippen molar-refractivity contribution >= 4 is 28.9 Å². The Morgan fingerprint density at radius 3 is 2.37 bits per heavy atom. The third-order valence-corrected chi connectivity index (χ3v) is 7.38. The van der Waals surface area contributed by atoms with Gasteiger partial charge in [0.05, 0.1) is 30.3 Å². The molecule has 2 aliphatic rings. The zero-order valence-corrected chi connectivity index (χ0v) is 20.5. The molecular weight excluding hydrogens is 460 g/mol. The van der Waals surface area contributed by atoms with Gasteiger partial charge in [0.1, 0.15) is 5.75 Å². The molecule has 1 fully saturated rings. The van der Waals surface area contributed by atoms with Crippen LogP contribution >= 0.6 is 11.3 Å². The number of benzene rings is 2. The van der Waals surface area contributed by atoms with E-state index < -0.39 is 0 Å². The number of hydrazone groups is 1. The Bertz CT molecular complexity index is 1190. The molecule has 0 unspecified atom stereocenters. The molecular formula is C27H28N4O3S. The minimum atomic E-state index is -0.162. The molecule has 0 saturated carbocycles. The fourth-order valence-corrected chi connectivity index (χ4v) is 5.25. The van der Waals surface area contributed by atoms with Crippen LogP contribution in [-0.4, -0.2) is 72.2 Å². The highest BCUT2D eigenvalue weighted by Gasteiger charge is 2.34. The van der Waals surface area contributed by atoms with Gasteiger partial charge in [-0.1, -0.05) is 48.5 Å². The molecule has 3 aromatic rings. The Labute approximate surface area is 209 Å². The van der Waals surface area contributed by atoms with Crippen LogP contribution in [0, 0.1) is 0 Å². The highest BCUT2D eigenvalue weighted by atomic mass is 32.1. The van der Waals surface area contributed by atoms with Gasteiger partial charge in [-0.05, 0) is 34.7 Å². The summed E-state index contributed by atoms with van der Waals surface area (Å²) in [6, 6.07) is 21.4. The van der Waals surface area contributed by atoms with Gasteiger partial charge in [0.25, 0.3) is 11.8 Å². The number of hydrogen-bond acceptors (Lipinski definition) is 6. The number of carbonyl (C=O) groups is 2. The molecule has 1 aromatic heterocycles. The first-order valence-electron chi connectivity index (χ1n) is 11.8. The van der Waals surface area contributed by atoms with E-state index in [0.29, 0.717) is 32.6 Å². The van der Waals surface area contributed by atoms with Gasteiger partial charge < -0.3 is 9.64 Å². The predicted molar refractivity (Wildman–Crippen MR) is 137 cm³/mol. The molecule has 1 atom stereocenters. The molecule has 35 heavy (non-hydrogen) atoms. The van der Waals surface area contributed by atoms with Gasteiger partial charge in [-0.25, -0.2) is 5.01 Å². The lowest BCUT2D eigenvalue weighted by atomic mass is 9.98. The van der Waals surface area contributed by atoms with Gasteiger partial charge in [0.15, 0.2) is 0 Å². The fourth-order valence-electron chi connectivity index (χ4n) is 4.56. The third-order valence-electron chi connectivity index (χ3n) is 6.52. The van der Waals surface area contributed by atoms with Crippen LogP contribution in [0.1, 0.15) is 33.3 Å². The molecule has 2 aromatic carbocycles. The van der Waals surface area contributed by atoms with E-state index in [1.807, 2.05) is 77.0 Å². The maximum atomic E-state index is 13.5. The van der Waals surface area contributed by atoms with Crippen molar-refractivity contribution in [2.75, 3.05) is 39.8 Å². The highest BCUT2D eigenvalue weighted by Crippen LogP contribution is 2.33. The lowest BCUT2D eigenvalue weighted by Gasteiger charge is -2.35. The minimum Gasteiger partial charge on any atom is -0.497 e. The minimum absolute atomic E-state index is 0.0326. The van der Waals surface area contributed by atoms with E-state index in [9.17, 15) is 9.59 Å². The van der Waals surface area contributed by atoms with Crippen LogP contribution in [-0.2, 0) is 4.79 Å². The van der Waals surface area contributed by atoms with Crippen molar-refractivity contribution in [2.45, 2.75) is 12.5 Å². The SMILES string of the molecule is COc1ccc([C@@H]2CC(c3ccccc3)=NN2C(=O)CN2CCN(C(=O)c3cccs3)CC2)cc1. The Kier molecular flexibility index (Phi) is 6.92. The summed E-state index contributed by atoms with van der Waals surface area (Å²) in [6.07, 6.45) is 0.658. The van der Waals surface area contributed by atoms with E-state index >= 15 is 0 Å². The third kappa shape index (κ3) is 5.13. The molecule has 7 nitrogen and oxygen atoms in total. The van der Waals surface area contributed by atoms with E-state index in [1.165, 1.54) is 11.3 Å². The van der Waals surface area contributed by atoms with Gasteiger partial charge in [-0.3, -0.25) is 14.5 Å². The fraction of sp³-hybridized carbons (Fsp3) is 0.296. The van der Waals surface area contributed by atoms with Gasteiger partial charge in [-0.2, -0.15) is 5.10 Å². The summed E-state index contributed by atoms with van der Waals surface area (Å²) in [5.74, 6) is 0.820. The number of ether oxygens (including phenoxy) is 1. The zero-order valence-electron chi connectivity index (χ0n) is 19.7. The van der Waals surface area contributed by atoms with Crippen LogP contribution in [0.2, 0.25) is 0 Å². The molecule has 2 aliphatic heterocycles. The van der Waals surface area contributed by atoms with E-state index in [1.54, 1.807) is 12.1 Å². The van der Waals surface area contributed by atoms with Crippen LogP contribution in [0.4, 0.5) is 0 Å². The topological polar surface area (TPSA) is 65.5 Å². The second kappa shape index (κ2) is 10.4. The lowest BCUT2D eigenvalue weighted by molar-refractivity contribution is -0.134. The number of rotatable bonds is 6. The molecule has 180 valence electrons. The van der Waals surface area contributed by atoms with E-state index in [-0.39, 0.29) is 24.4 Å². The van der Waals surface area contributed by atoms with Crippen molar-refractivity contribution in [3.8, 4) is 5.75 Å². The summed E-state index contributed by atoms with van der Waals surface area (Å²) in [5, 5.41) is 8.34. The molecule has 8 heteroatoms. The number of piperazine rings is 1. The Hall–Kier alpha value is -3.49. The molecule has 0 radical (unpaired) electrons. The quantitative estimate of drug-likeness (QED) is 0.528. The normalized spacial score (nSPS) is 18.4. The summed E-state index contributed by atoms with van der Waals surface area (Å²) >= 11 is 1.46. The van der Waals surface area contributed by atoms with E-state index in [4.69, 9.17) is 9.84 Å². The molecule has 0 aliphatic carbocycles. The van der Waals surface area contributed by atoms with Crippen molar-refractivity contribution in [3.05, 3.63) is 88.1 Å². The number of nitrogens with zero attached hydrogens (tertiary/aromatic N) is 4. The summed E-state index contributed by atoms with van der Waals surface area (Å²) in [6.45, 7) is 2.84. The summed E-state index contributed by atoms with van der Waals surface area (Å²) < 4.78 is 5.30. The van der Waals surface area contributed by atoms with Crippen LogP contribution in [0.5, 0.6) is 5.75 Å². The standard InChI is InChI=1S/C27H28N4O3S/c1-34-22-11-9-21(10-12-22)24-18-23(20-6-3-2-4-7-20)28-31(24)26(32)19-29-13-15-30(16-14-29)27(33)25-8-5-17-35-25/h2-12,17,24H,13-16,18-19H2,1H3/t24-/m0/s1. The molecule has 3 heterocycles. The smallest absolute Gasteiger partial charge is 0.264 e. The van der Waals surface area contributed by atoms with Crippen LogP contribution in [0.15, 0.2) is 77.2 Å². The second-order valence-corrected chi connectivity index (χ2v) is 9.64. The zero-order chi connectivity index (χ0) is 24.2. The lowest BCUT2D eigenvalue weighted by Crippen LogP contribution is -2.51. The number of thiophene rings is 1. The van der Waals surface area contributed by atoms with Crippen LogP contribution in [0.25, 0.3) is 0 Å². The van der Waals surface area contributed by atoms with Crippen molar-refractivity contribution in [1.29, 1.82) is 0 Å². The number of methoxy groups -OCH3 is 1. The summed E-state index contributed by atoms with van der Waals surface area (Å²) in [4.78, 5) is 30.8. The maximum Gasteiger partial charge on any atom is 0.264 e. The average Bonchev–Trinajstić information content (AvgIpc) is 3.60. The van der Waals surface area contributed by atoms with Gasteiger partial charge in [0, 0.05) is 32.6 Å².